The molecular formula is C21H23N3O2. The van der Waals surface area contributed by atoms with Crippen LogP contribution in [0.2, 0.25) is 0 Å². The molecule has 0 aliphatic carbocycles. The summed E-state index contributed by atoms with van der Waals surface area (Å²) >= 11 is 0. The fourth-order valence-electron chi connectivity index (χ4n) is 3.25. The van der Waals surface area contributed by atoms with Crippen molar-refractivity contribution in [2.24, 2.45) is 0 Å². The molecule has 1 fully saturated rings. The quantitative estimate of drug-likeness (QED) is 0.658. The number of nitrogens with zero attached hydrogens (tertiary/aromatic N) is 2. The van der Waals surface area contributed by atoms with Crippen molar-refractivity contribution >= 4 is 17.7 Å². The highest BCUT2D eigenvalue weighted by atomic mass is 16.3. The average Bonchev–Trinajstić information content (AvgIpc) is 3.18. The van der Waals surface area contributed by atoms with Gasteiger partial charge in [-0.1, -0.05) is 6.07 Å². The van der Waals surface area contributed by atoms with Crippen molar-refractivity contribution in [1.29, 1.82) is 5.26 Å². The Morgan fingerprint density at radius 3 is 2.77 bits per heavy atom. The lowest BCUT2D eigenvalue weighted by Gasteiger charge is -2.30. The van der Waals surface area contributed by atoms with Gasteiger partial charge in [0, 0.05) is 18.8 Å². The van der Waals surface area contributed by atoms with Crippen molar-refractivity contribution in [1.82, 2.24) is 5.32 Å². The van der Waals surface area contributed by atoms with Crippen LogP contribution in [0.5, 0.6) is 0 Å². The minimum Gasteiger partial charge on any atom is -0.467 e. The Bertz CT molecular complexity index is 825. The maximum Gasteiger partial charge on any atom is 0.262 e. The fraction of sp³-hybridized carbons (Fsp3) is 0.333. The van der Waals surface area contributed by atoms with Crippen LogP contribution in [0.3, 0.4) is 0 Å². The zero-order valence-corrected chi connectivity index (χ0v) is 15.0. The van der Waals surface area contributed by atoms with E-state index in [1.807, 2.05) is 18.2 Å². The summed E-state index contributed by atoms with van der Waals surface area (Å²) in [5.74, 6) is 0.249. The van der Waals surface area contributed by atoms with Gasteiger partial charge in [0.1, 0.15) is 17.4 Å². The molecule has 1 aromatic heterocycles. The summed E-state index contributed by atoms with van der Waals surface area (Å²) in [4.78, 5) is 14.6. The van der Waals surface area contributed by atoms with Gasteiger partial charge in [0.2, 0.25) is 0 Å². The molecule has 0 radical (unpaired) electrons. The van der Waals surface area contributed by atoms with E-state index in [9.17, 15) is 10.1 Å². The monoisotopic (exact) mass is 349 g/mol. The Balaban J connectivity index is 1.71. The van der Waals surface area contributed by atoms with Crippen LogP contribution in [0, 0.1) is 18.3 Å². The first-order valence-corrected chi connectivity index (χ1v) is 8.95. The molecule has 1 amide bonds. The lowest BCUT2D eigenvalue weighted by Crippen LogP contribution is -2.29. The maximum absolute atomic E-state index is 12.2. The number of nitriles is 1. The van der Waals surface area contributed by atoms with E-state index >= 15 is 0 Å². The molecule has 0 atom stereocenters. The molecule has 5 nitrogen and oxygen atoms in total. The predicted octanol–water partition coefficient (Wildman–Crippen LogP) is 3.80. The SMILES string of the molecule is Cc1cc(C=C(C#N)C(=O)NCc2ccco2)ccc1N1CCCCC1. The van der Waals surface area contributed by atoms with Gasteiger partial charge in [0.25, 0.3) is 5.91 Å². The summed E-state index contributed by atoms with van der Waals surface area (Å²) in [6.07, 6.45) is 6.94. The molecule has 1 aliphatic heterocycles. The number of anilines is 1. The highest BCUT2D eigenvalue weighted by molar-refractivity contribution is 6.01. The molecule has 3 rings (SSSR count). The molecule has 0 spiro atoms. The fourth-order valence-corrected chi connectivity index (χ4v) is 3.25. The third-order valence-corrected chi connectivity index (χ3v) is 4.60. The number of aryl methyl sites for hydroxylation is 1. The van der Waals surface area contributed by atoms with E-state index in [1.54, 1.807) is 24.5 Å². The number of benzene rings is 1. The molecular weight excluding hydrogens is 326 g/mol. The third-order valence-electron chi connectivity index (χ3n) is 4.60. The first-order valence-electron chi connectivity index (χ1n) is 8.95. The second-order valence-electron chi connectivity index (χ2n) is 6.53. The zero-order valence-electron chi connectivity index (χ0n) is 15.0. The van der Waals surface area contributed by atoms with Gasteiger partial charge in [0.15, 0.2) is 0 Å². The highest BCUT2D eigenvalue weighted by Gasteiger charge is 2.14. The summed E-state index contributed by atoms with van der Waals surface area (Å²) in [5.41, 5.74) is 3.34. The zero-order chi connectivity index (χ0) is 18.4. The summed E-state index contributed by atoms with van der Waals surface area (Å²) in [5, 5.41) is 12.0. The number of amides is 1. The molecule has 1 N–H and O–H groups in total. The van der Waals surface area contributed by atoms with Crippen molar-refractivity contribution in [3.8, 4) is 6.07 Å². The summed E-state index contributed by atoms with van der Waals surface area (Å²) in [6.45, 7) is 4.52. The van der Waals surface area contributed by atoms with Crippen LogP contribution < -0.4 is 10.2 Å². The number of rotatable bonds is 5. The topological polar surface area (TPSA) is 69.3 Å². The van der Waals surface area contributed by atoms with E-state index in [1.165, 1.54) is 24.9 Å². The van der Waals surface area contributed by atoms with Gasteiger partial charge in [-0.3, -0.25) is 4.79 Å². The molecule has 2 aromatic rings. The Morgan fingerprint density at radius 2 is 2.12 bits per heavy atom. The van der Waals surface area contributed by atoms with Gasteiger partial charge >= 0.3 is 0 Å². The molecule has 2 heterocycles. The molecule has 26 heavy (non-hydrogen) atoms. The smallest absolute Gasteiger partial charge is 0.262 e. The normalized spacial score (nSPS) is 14.8. The first kappa shape index (κ1) is 17.8. The molecule has 134 valence electrons. The van der Waals surface area contributed by atoms with E-state index < -0.39 is 5.91 Å². The second-order valence-corrected chi connectivity index (χ2v) is 6.53. The Morgan fingerprint density at radius 1 is 1.31 bits per heavy atom. The number of hydrogen-bond donors (Lipinski definition) is 1. The standard InChI is InChI=1S/C21H23N3O2/c1-16-12-17(7-8-20(16)24-9-3-2-4-10-24)13-18(14-22)21(25)23-15-19-6-5-11-26-19/h5-8,11-13H,2-4,9-10,15H2,1H3,(H,23,25). The van der Waals surface area contributed by atoms with Gasteiger partial charge in [-0.2, -0.15) is 5.26 Å². The Labute approximate surface area is 153 Å². The largest absolute Gasteiger partial charge is 0.467 e. The number of nitrogens with one attached hydrogen (secondary N) is 1. The molecule has 0 bridgehead atoms. The lowest BCUT2D eigenvalue weighted by atomic mass is 10.0. The molecule has 5 heteroatoms. The Kier molecular flexibility index (Phi) is 5.75. The van der Waals surface area contributed by atoms with E-state index in [0.29, 0.717) is 5.76 Å². The van der Waals surface area contributed by atoms with Crippen molar-refractivity contribution in [3.05, 3.63) is 59.1 Å². The summed E-state index contributed by atoms with van der Waals surface area (Å²) < 4.78 is 5.18. The number of carbonyl (C=O) groups is 1. The maximum atomic E-state index is 12.2. The van der Waals surface area contributed by atoms with Crippen molar-refractivity contribution in [2.75, 3.05) is 18.0 Å². The van der Waals surface area contributed by atoms with Crippen LogP contribution in [0.15, 0.2) is 46.6 Å². The summed E-state index contributed by atoms with van der Waals surface area (Å²) in [6, 6.07) is 11.6. The highest BCUT2D eigenvalue weighted by Crippen LogP contribution is 2.25. The molecule has 0 saturated carbocycles. The number of piperidine rings is 1. The van der Waals surface area contributed by atoms with Crippen molar-refractivity contribution in [3.63, 3.8) is 0 Å². The minimum absolute atomic E-state index is 0.0849. The number of hydrogen-bond acceptors (Lipinski definition) is 4. The lowest BCUT2D eigenvalue weighted by molar-refractivity contribution is -0.117. The number of carbonyl (C=O) groups excluding carboxylic acids is 1. The Hall–Kier alpha value is -3.00. The van der Waals surface area contributed by atoms with Gasteiger partial charge < -0.3 is 14.6 Å². The van der Waals surface area contributed by atoms with Crippen LogP contribution in [0.25, 0.3) is 6.08 Å². The van der Waals surface area contributed by atoms with E-state index in [4.69, 9.17) is 4.42 Å². The molecule has 1 saturated heterocycles. The van der Waals surface area contributed by atoms with Gasteiger partial charge in [-0.05, 0) is 67.7 Å². The van der Waals surface area contributed by atoms with Gasteiger partial charge in [-0.25, -0.2) is 0 Å². The van der Waals surface area contributed by atoms with Gasteiger partial charge in [-0.15, -0.1) is 0 Å². The van der Waals surface area contributed by atoms with Gasteiger partial charge in [0.05, 0.1) is 12.8 Å². The first-order chi connectivity index (χ1) is 12.7. The van der Waals surface area contributed by atoms with Crippen LogP contribution in [-0.2, 0) is 11.3 Å². The van der Waals surface area contributed by atoms with E-state index in [2.05, 4.69) is 23.2 Å². The van der Waals surface area contributed by atoms with Crippen molar-refractivity contribution < 1.29 is 9.21 Å². The minimum atomic E-state index is -0.401. The summed E-state index contributed by atoms with van der Waals surface area (Å²) in [7, 11) is 0. The average molecular weight is 349 g/mol. The molecule has 0 unspecified atom stereocenters. The molecule has 1 aromatic carbocycles. The second kappa shape index (κ2) is 8.39. The van der Waals surface area contributed by atoms with E-state index in [0.717, 1.165) is 24.2 Å². The van der Waals surface area contributed by atoms with Crippen molar-refractivity contribution in [2.45, 2.75) is 32.7 Å². The van der Waals surface area contributed by atoms with E-state index in [-0.39, 0.29) is 12.1 Å². The van der Waals surface area contributed by atoms with Crippen LogP contribution >= 0.6 is 0 Å². The third kappa shape index (κ3) is 4.34. The molecule has 1 aliphatic rings. The van der Waals surface area contributed by atoms with Crippen LogP contribution in [0.1, 0.15) is 36.1 Å². The van der Waals surface area contributed by atoms with Crippen LogP contribution in [-0.4, -0.2) is 19.0 Å². The predicted molar refractivity (Wildman–Crippen MR) is 101 cm³/mol. The van der Waals surface area contributed by atoms with Crippen LogP contribution in [0.4, 0.5) is 5.69 Å². The number of furan rings is 1.